The van der Waals surface area contributed by atoms with Crippen LogP contribution in [0.2, 0.25) is 0 Å². The van der Waals surface area contributed by atoms with Crippen LogP contribution in [0, 0.1) is 0 Å². The molecule has 2 atom stereocenters. The molecule has 1 saturated heterocycles. The van der Waals surface area contributed by atoms with Gasteiger partial charge in [-0.15, -0.1) is 0 Å². The van der Waals surface area contributed by atoms with Crippen molar-refractivity contribution in [3.63, 3.8) is 0 Å². The molecule has 100 valence electrons. The predicted molar refractivity (Wildman–Crippen MR) is 71.9 cm³/mol. The van der Waals surface area contributed by atoms with Gasteiger partial charge in [0.2, 0.25) is 10.0 Å². The van der Waals surface area contributed by atoms with Gasteiger partial charge in [0.1, 0.15) is 0 Å². The molecule has 0 radical (unpaired) electrons. The van der Waals surface area contributed by atoms with E-state index in [4.69, 9.17) is 5.14 Å². The number of piperidine rings is 1. The highest BCUT2D eigenvalue weighted by Crippen LogP contribution is 2.17. The second-order valence-electron chi connectivity index (χ2n) is 4.79. The number of benzene rings is 1. The van der Waals surface area contributed by atoms with Crippen molar-refractivity contribution in [3.05, 3.63) is 24.3 Å². The van der Waals surface area contributed by atoms with E-state index in [9.17, 15) is 8.42 Å². The van der Waals surface area contributed by atoms with Crippen LogP contribution in [0.3, 0.4) is 0 Å². The van der Waals surface area contributed by atoms with Crippen LogP contribution in [-0.4, -0.2) is 27.0 Å². The highest BCUT2D eigenvalue weighted by Gasteiger charge is 2.18. The minimum atomic E-state index is -3.60. The van der Waals surface area contributed by atoms with Crippen molar-refractivity contribution in [2.45, 2.75) is 36.7 Å². The first-order valence-electron chi connectivity index (χ1n) is 6.08. The summed E-state index contributed by atoms with van der Waals surface area (Å²) in [6.07, 6.45) is 2.14. The van der Waals surface area contributed by atoms with Crippen molar-refractivity contribution < 1.29 is 8.42 Å². The van der Waals surface area contributed by atoms with Gasteiger partial charge in [-0.1, -0.05) is 0 Å². The number of hydrogen-bond acceptors (Lipinski definition) is 4. The topological polar surface area (TPSA) is 84.2 Å². The number of rotatable bonds is 3. The van der Waals surface area contributed by atoms with Gasteiger partial charge in [0.25, 0.3) is 0 Å². The number of nitrogens with two attached hydrogens (primary N) is 1. The quantitative estimate of drug-likeness (QED) is 0.761. The van der Waals surface area contributed by atoms with Crippen molar-refractivity contribution in [3.8, 4) is 0 Å². The third kappa shape index (κ3) is 3.44. The number of sulfonamides is 1. The Morgan fingerprint density at radius 2 is 2.00 bits per heavy atom. The van der Waals surface area contributed by atoms with Crippen molar-refractivity contribution >= 4 is 15.7 Å². The average Bonchev–Trinajstić information content (AvgIpc) is 2.28. The Balaban J connectivity index is 2.02. The Bertz CT molecular complexity index is 499. The summed E-state index contributed by atoms with van der Waals surface area (Å²) in [7, 11) is -3.60. The molecule has 2 unspecified atom stereocenters. The van der Waals surface area contributed by atoms with E-state index in [1.807, 2.05) is 0 Å². The van der Waals surface area contributed by atoms with Crippen LogP contribution >= 0.6 is 0 Å². The van der Waals surface area contributed by atoms with E-state index in [2.05, 4.69) is 17.6 Å². The normalized spacial score (nSPS) is 24.8. The first-order chi connectivity index (χ1) is 8.45. The minimum absolute atomic E-state index is 0.145. The van der Waals surface area contributed by atoms with Crippen LogP contribution in [0.15, 0.2) is 29.2 Å². The molecular weight excluding hydrogens is 250 g/mol. The van der Waals surface area contributed by atoms with E-state index >= 15 is 0 Å². The van der Waals surface area contributed by atoms with Crippen molar-refractivity contribution in [2.24, 2.45) is 5.14 Å². The van der Waals surface area contributed by atoms with E-state index in [-0.39, 0.29) is 4.90 Å². The summed E-state index contributed by atoms with van der Waals surface area (Å²) in [5.74, 6) is 0. The van der Waals surface area contributed by atoms with E-state index in [0.717, 1.165) is 25.1 Å². The molecule has 1 aliphatic rings. The molecule has 0 spiro atoms. The maximum Gasteiger partial charge on any atom is 0.238 e. The second-order valence-corrected chi connectivity index (χ2v) is 6.35. The standard InChI is InChI=1S/C12H19N3O2S/c1-9-8-11(6-7-14-9)15-10-2-4-12(5-3-10)18(13,16)17/h2-5,9,11,14-15H,6-8H2,1H3,(H2,13,16,17). The fraction of sp³-hybridized carbons (Fsp3) is 0.500. The van der Waals surface area contributed by atoms with Gasteiger partial charge in [-0.05, 0) is 50.6 Å². The van der Waals surface area contributed by atoms with Gasteiger partial charge in [0.05, 0.1) is 4.90 Å². The Hall–Kier alpha value is -1.11. The van der Waals surface area contributed by atoms with Gasteiger partial charge >= 0.3 is 0 Å². The zero-order chi connectivity index (χ0) is 13.2. The van der Waals surface area contributed by atoms with Gasteiger partial charge in [-0.25, -0.2) is 13.6 Å². The molecule has 1 aromatic carbocycles. The molecule has 5 nitrogen and oxygen atoms in total. The molecule has 0 bridgehead atoms. The number of nitrogens with one attached hydrogen (secondary N) is 2. The molecule has 1 aromatic rings. The van der Waals surface area contributed by atoms with Gasteiger partial charge < -0.3 is 10.6 Å². The SMILES string of the molecule is CC1CC(Nc2ccc(S(N)(=O)=O)cc2)CCN1. The van der Waals surface area contributed by atoms with Crippen LogP contribution in [0.4, 0.5) is 5.69 Å². The van der Waals surface area contributed by atoms with E-state index in [1.165, 1.54) is 12.1 Å². The summed E-state index contributed by atoms with van der Waals surface area (Å²) in [5.41, 5.74) is 0.932. The number of primary sulfonamides is 1. The minimum Gasteiger partial charge on any atom is -0.382 e. The fourth-order valence-electron chi connectivity index (χ4n) is 2.24. The Morgan fingerprint density at radius 3 is 2.56 bits per heavy atom. The highest BCUT2D eigenvalue weighted by atomic mass is 32.2. The van der Waals surface area contributed by atoms with Gasteiger partial charge in [0, 0.05) is 17.8 Å². The maximum absolute atomic E-state index is 11.1. The van der Waals surface area contributed by atoms with Crippen LogP contribution in [0.1, 0.15) is 19.8 Å². The molecule has 0 aromatic heterocycles. The van der Waals surface area contributed by atoms with Crippen molar-refractivity contribution in [2.75, 3.05) is 11.9 Å². The lowest BCUT2D eigenvalue weighted by Crippen LogP contribution is -2.41. The van der Waals surface area contributed by atoms with E-state index in [0.29, 0.717) is 12.1 Å². The first kappa shape index (κ1) is 13.3. The molecular formula is C12H19N3O2S. The number of hydrogen-bond donors (Lipinski definition) is 3. The predicted octanol–water partition coefficient (Wildman–Crippen LogP) is 0.886. The first-order valence-corrected chi connectivity index (χ1v) is 7.62. The van der Waals surface area contributed by atoms with E-state index < -0.39 is 10.0 Å². The highest BCUT2D eigenvalue weighted by molar-refractivity contribution is 7.89. The molecule has 0 aliphatic carbocycles. The zero-order valence-corrected chi connectivity index (χ0v) is 11.2. The largest absolute Gasteiger partial charge is 0.382 e. The summed E-state index contributed by atoms with van der Waals surface area (Å²) in [6, 6.07) is 7.52. The summed E-state index contributed by atoms with van der Waals surface area (Å²) < 4.78 is 22.3. The molecule has 0 saturated carbocycles. The lowest BCUT2D eigenvalue weighted by Gasteiger charge is -2.29. The second kappa shape index (κ2) is 5.26. The Morgan fingerprint density at radius 1 is 1.33 bits per heavy atom. The van der Waals surface area contributed by atoms with Crippen LogP contribution in [0.5, 0.6) is 0 Å². The molecule has 1 heterocycles. The fourth-order valence-corrected chi connectivity index (χ4v) is 2.76. The third-order valence-corrected chi connectivity index (χ3v) is 4.11. The van der Waals surface area contributed by atoms with Crippen LogP contribution in [0.25, 0.3) is 0 Å². The molecule has 2 rings (SSSR count). The summed E-state index contributed by atoms with van der Waals surface area (Å²) in [4.78, 5) is 0.145. The Kier molecular flexibility index (Phi) is 3.89. The van der Waals surface area contributed by atoms with Crippen LogP contribution < -0.4 is 15.8 Å². The molecule has 1 aliphatic heterocycles. The van der Waals surface area contributed by atoms with Gasteiger partial charge in [0.15, 0.2) is 0 Å². The third-order valence-electron chi connectivity index (χ3n) is 3.18. The summed E-state index contributed by atoms with van der Waals surface area (Å²) >= 11 is 0. The lowest BCUT2D eigenvalue weighted by atomic mass is 10.0. The van der Waals surface area contributed by atoms with Crippen molar-refractivity contribution in [1.82, 2.24) is 5.32 Å². The molecule has 4 N–H and O–H groups in total. The Labute approximate surface area is 108 Å². The monoisotopic (exact) mass is 269 g/mol. The number of anilines is 1. The van der Waals surface area contributed by atoms with Gasteiger partial charge in [-0.3, -0.25) is 0 Å². The molecule has 18 heavy (non-hydrogen) atoms. The molecule has 0 amide bonds. The van der Waals surface area contributed by atoms with E-state index in [1.54, 1.807) is 12.1 Å². The van der Waals surface area contributed by atoms with Crippen LogP contribution in [-0.2, 0) is 10.0 Å². The van der Waals surface area contributed by atoms with Gasteiger partial charge in [-0.2, -0.15) is 0 Å². The smallest absolute Gasteiger partial charge is 0.238 e. The molecule has 1 fully saturated rings. The lowest BCUT2D eigenvalue weighted by molar-refractivity contribution is 0.396. The summed E-state index contributed by atoms with van der Waals surface area (Å²) in [5, 5.41) is 11.9. The molecule has 6 heteroatoms. The average molecular weight is 269 g/mol. The maximum atomic E-state index is 11.1. The zero-order valence-electron chi connectivity index (χ0n) is 10.4. The van der Waals surface area contributed by atoms with Crippen molar-refractivity contribution in [1.29, 1.82) is 0 Å². The summed E-state index contributed by atoms with van der Waals surface area (Å²) in [6.45, 7) is 3.17.